The van der Waals surface area contributed by atoms with Crippen LogP contribution in [0.25, 0.3) is 0 Å². The molecule has 132 valence electrons. The second-order valence-corrected chi connectivity index (χ2v) is 6.54. The molecule has 0 unspecified atom stereocenters. The molecule has 1 amide bonds. The van der Waals surface area contributed by atoms with Crippen molar-refractivity contribution in [1.29, 1.82) is 0 Å². The normalized spacial score (nSPS) is 20.6. The summed E-state index contributed by atoms with van der Waals surface area (Å²) in [6, 6.07) is 2.12. The van der Waals surface area contributed by atoms with E-state index < -0.39 is 5.97 Å². The highest BCUT2D eigenvalue weighted by Crippen LogP contribution is 2.20. The van der Waals surface area contributed by atoms with Crippen molar-refractivity contribution in [3.05, 3.63) is 23.7 Å². The summed E-state index contributed by atoms with van der Waals surface area (Å²) in [7, 11) is 1.35. The Hall–Kier alpha value is -1.86. The number of hydrogen-bond donors (Lipinski definition) is 1. The minimum atomic E-state index is -0.445. The molecule has 2 aliphatic rings. The van der Waals surface area contributed by atoms with Crippen molar-refractivity contribution in [2.45, 2.75) is 38.4 Å². The molecule has 1 saturated heterocycles. The fourth-order valence-electron chi connectivity index (χ4n) is 3.00. The van der Waals surface area contributed by atoms with E-state index in [2.05, 4.69) is 15.1 Å². The number of carbonyl (C=O) groups is 2. The zero-order valence-corrected chi connectivity index (χ0v) is 14.3. The Morgan fingerprint density at radius 2 is 2.04 bits per heavy atom. The van der Waals surface area contributed by atoms with Crippen molar-refractivity contribution in [2.24, 2.45) is 0 Å². The first-order valence-electron chi connectivity index (χ1n) is 8.50. The van der Waals surface area contributed by atoms with Gasteiger partial charge in [-0.25, -0.2) is 4.79 Å². The molecule has 1 aromatic rings. The zero-order chi connectivity index (χ0) is 17.1. The van der Waals surface area contributed by atoms with Gasteiger partial charge in [-0.1, -0.05) is 0 Å². The molecule has 7 heteroatoms. The lowest BCUT2D eigenvalue weighted by Crippen LogP contribution is -2.53. The molecule has 0 bridgehead atoms. The van der Waals surface area contributed by atoms with Crippen LogP contribution >= 0.6 is 0 Å². The number of nitrogens with one attached hydrogen (secondary N) is 1. The van der Waals surface area contributed by atoms with Gasteiger partial charge in [0.1, 0.15) is 0 Å². The topological polar surface area (TPSA) is 75.0 Å². The lowest BCUT2D eigenvalue weighted by Gasteiger charge is -2.37. The molecular formula is C17H25N3O4. The Morgan fingerprint density at radius 1 is 1.33 bits per heavy atom. The SMILES string of the molecule is COC(=O)c1occc1CN1CCN([C@@H](C)C(=O)NC2CC2)CC1. The minimum Gasteiger partial charge on any atom is -0.463 e. The third-order valence-electron chi connectivity index (χ3n) is 4.77. The predicted octanol–water partition coefficient (Wildman–Crippen LogP) is 0.851. The lowest BCUT2D eigenvalue weighted by atomic mass is 10.2. The van der Waals surface area contributed by atoms with Crippen molar-refractivity contribution in [1.82, 2.24) is 15.1 Å². The second kappa shape index (κ2) is 7.36. The fraction of sp³-hybridized carbons (Fsp3) is 0.647. The number of piperazine rings is 1. The van der Waals surface area contributed by atoms with E-state index in [0.29, 0.717) is 12.6 Å². The Kier molecular flexibility index (Phi) is 5.20. The molecule has 2 heterocycles. The number of amides is 1. The largest absolute Gasteiger partial charge is 0.463 e. The molecule has 3 rings (SSSR count). The van der Waals surface area contributed by atoms with E-state index in [1.54, 1.807) is 0 Å². The molecule has 0 radical (unpaired) electrons. The summed E-state index contributed by atoms with van der Waals surface area (Å²) in [6.07, 6.45) is 3.74. The molecule has 1 saturated carbocycles. The first-order chi connectivity index (χ1) is 11.6. The van der Waals surface area contributed by atoms with Gasteiger partial charge in [0.05, 0.1) is 19.4 Å². The third kappa shape index (κ3) is 3.96. The Labute approximate surface area is 141 Å². The molecule has 1 aromatic heterocycles. The summed E-state index contributed by atoms with van der Waals surface area (Å²) in [6.45, 7) is 6.01. The van der Waals surface area contributed by atoms with E-state index in [1.165, 1.54) is 13.4 Å². The Balaban J connectivity index is 1.49. The van der Waals surface area contributed by atoms with Gasteiger partial charge in [-0.3, -0.25) is 14.6 Å². The highest BCUT2D eigenvalue weighted by molar-refractivity contribution is 5.87. The highest BCUT2D eigenvalue weighted by Gasteiger charge is 2.30. The van der Waals surface area contributed by atoms with E-state index in [4.69, 9.17) is 9.15 Å². The number of nitrogens with zero attached hydrogens (tertiary/aromatic N) is 2. The van der Waals surface area contributed by atoms with Crippen LogP contribution < -0.4 is 5.32 Å². The first kappa shape index (κ1) is 17.0. The van der Waals surface area contributed by atoms with Crippen molar-refractivity contribution >= 4 is 11.9 Å². The van der Waals surface area contributed by atoms with E-state index in [0.717, 1.165) is 44.6 Å². The summed E-state index contributed by atoms with van der Waals surface area (Å²) in [5.41, 5.74) is 0.842. The molecular weight excluding hydrogens is 310 g/mol. The van der Waals surface area contributed by atoms with Gasteiger partial charge in [-0.2, -0.15) is 0 Å². The van der Waals surface area contributed by atoms with Gasteiger partial charge in [0.25, 0.3) is 0 Å². The predicted molar refractivity (Wildman–Crippen MR) is 87.5 cm³/mol. The summed E-state index contributed by atoms with van der Waals surface area (Å²) < 4.78 is 9.96. The maximum absolute atomic E-state index is 12.2. The van der Waals surface area contributed by atoms with E-state index >= 15 is 0 Å². The van der Waals surface area contributed by atoms with Crippen LogP contribution in [0.5, 0.6) is 0 Å². The number of rotatable bonds is 6. The van der Waals surface area contributed by atoms with Gasteiger partial charge < -0.3 is 14.5 Å². The molecule has 0 aromatic carbocycles. The van der Waals surface area contributed by atoms with Gasteiger partial charge >= 0.3 is 5.97 Å². The van der Waals surface area contributed by atoms with Crippen LogP contribution in [0.4, 0.5) is 0 Å². The van der Waals surface area contributed by atoms with Crippen LogP contribution in [-0.4, -0.2) is 67.0 Å². The lowest BCUT2D eigenvalue weighted by molar-refractivity contribution is -0.126. The van der Waals surface area contributed by atoms with E-state index in [1.807, 2.05) is 13.0 Å². The van der Waals surface area contributed by atoms with Crippen LogP contribution in [0.3, 0.4) is 0 Å². The van der Waals surface area contributed by atoms with Gasteiger partial charge in [-0.05, 0) is 25.8 Å². The molecule has 1 N–H and O–H groups in total. The maximum Gasteiger partial charge on any atom is 0.374 e. The fourth-order valence-corrected chi connectivity index (χ4v) is 3.00. The highest BCUT2D eigenvalue weighted by atomic mass is 16.5. The zero-order valence-electron chi connectivity index (χ0n) is 14.3. The number of furan rings is 1. The smallest absolute Gasteiger partial charge is 0.374 e. The summed E-state index contributed by atoms with van der Waals surface area (Å²) in [5, 5.41) is 3.07. The monoisotopic (exact) mass is 335 g/mol. The van der Waals surface area contributed by atoms with Crippen LogP contribution in [0.1, 0.15) is 35.9 Å². The molecule has 1 atom stereocenters. The average molecular weight is 335 g/mol. The van der Waals surface area contributed by atoms with Gasteiger partial charge in [0, 0.05) is 44.3 Å². The number of methoxy groups -OCH3 is 1. The molecule has 24 heavy (non-hydrogen) atoms. The molecule has 0 spiro atoms. The van der Waals surface area contributed by atoms with Crippen LogP contribution in [0.2, 0.25) is 0 Å². The number of carbonyl (C=O) groups excluding carboxylic acids is 2. The maximum atomic E-state index is 12.2. The van der Waals surface area contributed by atoms with Crippen LogP contribution in [0.15, 0.2) is 16.7 Å². The molecule has 2 fully saturated rings. The van der Waals surface area contributed by atoms with Crippen LogP contribution in [0, 0.1) is 0 Å². The summed E-state index contributed by atoms with van der Waals surface area (Å²) in [5.74, 6) is -0.0372. The Bertz CT molecular complexity index is 588. The standard InChI is InChI=1S/C17H25N3O4/c1-12(16(21)18-14-3-4-14)20-8-6-19(7-9-20)11-13-5-10-24-15(13)17(22)23-2/h5,10,12,14H,3-4,6-9,11H2,1-2H3,(H,18,21)/t12-/m0/s1. The number of hydrogen-bond acceptors (Lipinski definition) is 6. The Morgan fingerprint density at radius 3 is 2.67 bits per heavy atom. The van der Waals surface area contributed by atoms with Crippen LogP contribution in [-0.2, 0) is 16.1 Å². The average Bonchev–Trinajstić information content (AvgIpc) is 3.29. The van der Waals surface area contributed by atoms with Crippen molar-refractivity contribution in [2.75, 3.05) is 33.3 Å². The summed E-state index contributed by atoms with van der Waals surface area (Å²) >= 11 is 0. The van der Waals surface area contributed by atoms with Crippen molar-refractivity contribution in [3.8, 4) is 0 Å². The molecule has 1 aliphatic heterocycles. The van der Waals surface area contributed by atoms with Gasteiger partial charge in [0.2, 0.25) is 11.7 Å². The summed E-state index contributed by atoms with van der Waals surface area (Å²) in [4.78, 5) is 28.3. The third-order valence-corrected chi connectivity index (χ3v) is 4.77. The number of esters is 1. The quantitative estimate of drug-likeness (QED) is 0.777. The van der Waals surface area contributed by atoms with E-state index in [9.17, 15) is 9.59 Å². The van der Waals surface area contributed by atoms with Gasteiger partial charge in [-0.15, -0.1) is 0 Å². The van der Waals surface area contributed by atoms with Gasteiger partial charge in [0.15, 0.2) is 0 Å². The minimum absolute atomic E-state index is 0.0905. The molecule has 7 nitrogen and oxygen atoms in total. The first-order valence-corrected chi connectivity index (χ1v) is 8.50. The number of ether oxygens (including phenoxy) is 1. The van der Waals surface area contributed by atoms with E-state index in [-0.39, 0.29) is 17.7 Å². The van der Waals surface area contributed by atoms with Crippen molar-refractivity contribution < 1.29 is 18.7 Å². The second-order valence-electron chi connectivity index (χ2n) is 6.54. The molecule has 1 aliphatic carbocycles. The van der Waals surface area contributed by atoms with Crippen molar-refractivity contribution in [3.63, 3.8) is 0 Å².